The van der Waals surface area contributed by atoms with E-state index in [0.29, 0.717) is 10.8 Å². The lowest BCUT2D eigenvalue weighted by Gasteiger charge is -2.06. The Balaban J connectivity index is 2.54. The minimum atomic E-state index is -3.07. The van der Waals surface area contributed by atoms with Crippen molar-refractivity contribution in [2.24, 2.45) is 5.92 Å². The van der Waals surface area contributed by atoms with E-state index in [-0.39, 0.29) is 5.75 Å². The van der Waals surface area contributed by atoms with E-state index in [1.165, 1.54) is 0 Å². The first-order chi connectivity index (χ1) is 7.92. The Labute approximate surface area is 105 Å². The Morgan fingerprint density at radius 2 is 1.65 bits per heavy atom. The lowest BCUT2D eigenvalue weighted by atomic mass is 10.1. The molecule has 0 heterocycles. The topological polar surface area (TPSA) is 34.1 Å². The van der Waals surface area contributed by atoms with E-state index in [4.69, 9.17) is 0 Å². The molecule has 0 bridgehead atoms. The van der Waals surface area contributed by atoms with Gasteiger partial charge in [0.2, 0.25) is 0 Å². The molecule has 0 fully saturated rings. The van der Waals surface area contributed by atoms with Gasteiger partial charge in [0.15, 0.2) is 9.84 Å². The van der Waals surface area contributed by atoms with Crippen molar-refractivity contribution in [3.05, 3.63) is 29.8 Å². The van der Waals surface area contributed by atoms with Gasteiger partial charge in [-0.3, -0.25) is 0 Å². The van der Waals surface area contributed by atoms with Crippen LogP contribution in [-0.4, -0.2) is 14.2 Å². The molecule has 0 radical (unpaired) electrons. The molecule has 0 unspecified atom stereocenters. The van der Waals surface area contributed by atoms with Crippen molar-refractivity contribution in [2.45, 2.75) is 44.9 Å². The third kappa shape index (κ3) is 4.90. The van der Waals surface area contributed by atoms with Gasteiger partial charge in [-0.25, -0.2) is 8.42 Å². The van der Waals surface area contributed by atoms with Gasteiger partial charge in [-0.05, 0) is 31.4 Å². The van der Waals surface area contributed by atoms with Crippen molar-refractivity contribution in [1.82, 2.24) is 0 Å². The first kappa shape index (κ1) is 14.2. The minimum Gasteiger partial charge on any atom is -0.224 e. The molecule has 0 aliphatic heterocycles. The smallest absolute Gasteiger partial charge is 0.178 e. The molecule has 1 aromatic carbocycles. The maximum absolute atomic E-state index is 12.0. The molecule has 0 atom stereocenters. The monoisotopic (exact) mass is 254 g/mol. The third-order valence-corrected chi connectivity index (χ3v) is 4.64. The van der Waals surface area contributed by atoms with Gasteiger partial charge in [-0.1, -0.05) is 44.4 Å². The second-order valence-corrected chi connectivity index (χ2v) is 7.13. The Kier molecular flexibility index (Phi) is 5.19. The van der Waals surface area contributed by atoms with Gasteiger partial charge in [-0.2, -0.15) is 0 Å². The van der Waals surface area contributed by atoms with Gasteiger partial charge in [0.25, 0.3) is 0 Å². The fraction of sp³-hybridized carbons (Fsp3) is 0.571. The highest BCUT2D eigenvalue weighted by Gasteiger charge is 2.13. The van der Waals surface area contributed by atoms with E-state index in [1.54, 1.807) is 12.1 Å². The number of sulfone groups is 1. The van der Waals surface area contributed by atoms with Crippen LogP contribution < -0.4 is 0 Å². The Morgan fingerprint density at radius 3 is 2.18 bits per heavy atom. The number of hydrogen-bond donors (Lipinski definition) is 0. The number of hydrogen-bond acceptors (Lipinski definition) is 2. The second-order valence-electron chi connectivity index (χ2n) is 5.02. The maximum Gasteiger partial charge on any atom is 0.178 e. The summed E-state index contributed by atoms with van der Waals surface area (Å²) in [6.45, 7) is 6.28. The Morgan fingerprint density at radius 1 is 1.06 bits per heavy atom. The summed E-state index contributed by atoms with van der Waals surface area (Å²) in [5.74, 6) is 0.917. The Bertz CT molecular complexity index is 430. The summed E-state index contributed by atoms with van der Waals surface area (Å²) in [7, 11) is -3.07. The summed E-state index contributed by atoms with van der Waals surface area (Å²) in [5.41, 5.74) is 1.09. The van der Waals surface area contributed by atoms with Gasteiger partial charge < -0.3 is 0 Å². The zero-order valence-corrected chi connectivity index (χ0v) is 11.8. The molecule has 96 valence electrons. The largest absolute Gasteiger partial charge is 0.224 e. The molecule has 17 heavy (non-hydrogen) atoms. The zero-order valence-electron chi connectivity index (χ0n) is 10.9. The van der Waals surface area contributed by atoms with Crippen LogP contribution in [0.3, 0.4) is 0 Å². The van der Waals surface area contributed by atoms with Crippen LogP contribution in [0.1, 0.15) is 38.7 Å². The number of unbranched alkanes of at least 4 members (excludes halogenated alkanes) is 1. The van der Waals surface area contributed by atoms with Crippen molar-refractivity contribution >= 4 is 9.84 Å². The SMILES string of the molecule is Cc1ccc(S(=O)(=O)CCCCC(C)C)cc1. The summed E-state index contributed by atoms with van der Waals surface area (Å²) < 4.78 is 24.0. The third-order valence-electron chi connectivity index (χ3n) is 2.82. The molecular weight excluding hydrogens is 232 g/mol. The van der Waals surface area contributed by atoms with E-state index < -0.39 is 9.84 Å². The molecule has 0 N–H and O–H groups in total. The van der Waals surface area contributed by atoms with Crippen LogP contribution >= 0.6 is 0 Å². The Hall–Kier alpha value is -0.830. The van der Waals surface area contributed by atoms with Crippen LogP contribution in [0.5, 0.6) is 0 Å². The van der Waals surface area contributed by atoms with E-state index in [9.17, 15) is 8.42 Å². The normalized spacial score (nSPS) is 12.0. The van der Waals surface area contributed by atoms with Gasteiger partial charge in [0, 0.05) is 0 Å². The summed E-state index contributed by atoms with van der Waals surface area (Å²) in [6, 6.07) is 7.10. The van der Waals surface area contributed by atoms with E-state index in [0.717, 1.165) is 24.8 Å². The summed E-state index contributed by atoms with van der Waals surface area (Å²) in [6.07, 6.45) is 2.85. The first-order valence-electron chi connectivity index (χ1n) is 6.21. The van der Waals surface area contributed by atoms with Crippen molar-refractivity contribution in [2.75, 3.05) is 5.75 Å². The standard InChI is InChI=1S/C14H22O2S/c1-12(2)6-4-5-11-17(15,16)14-9-7-13(3)8-10-14/h7-10,12H,4-6,11H2,1-3H3. The first-order valence-corrected chi connectivity index (χ1v) is 7.86. The number of rotatable bonds is 6. The molecule has 1 rings (SSSR count). The van der Waals surface area contributed by atoms with E-state index >= 15 is 0 Å². The molecule has 1 aromatic rings. The zero-order chi connectivity index (χ0) is 12.9. The molecule has 0 amide bonds. The summed E-state index contributed by atoms with van der Waals surface area (Å²) >= 11 is 0. The van der Waals surface area contributed by atoms with Crippen LogP contribution in [0.25, 0.3) is 0 Å². The maximum atomic E-state index is 12.0. The predicted octanol–water partition coefficient (Wildman–Crippen LogP) is 3.60. The van der Waals surface area contributed by atoms with Crippen LogP contribution in [0, 0.1) is 12.8 Å². The van der Waals surface area contributed by atoms with Gasteiger partial charge in [0.05, 0.1) is 10.6 Å². The van der Waals surface area contributed by atoms with Crippen molar-refractivity contribution < 1.29 is 8.42 Å². The van der Waals surface area contributed by atoms with Crippen molar-refractivity contribution in [3.8, 4) is 0 Å². The molecule has 0 saturated carbocycles. The molecule has 0 spiro atoms. The average molecular weight is 254 g/mol. The fourth-order valence-electron chi connectivity index (χ4n) is 1.71. The van der Waals surface area contributed by atoms with Crippen molar-refractivity contribution in [3.63, 3.8) is 0 Å². The van der Waals surface area contributed by atoms with Crippen LogP contribution in [0.4, 0.5) is 0 Å². The average Bonchev–Trinajstić information content (AvgIpc) is 2.25. The molecule has 2 nitrogen and oxygen atoms in total. The molecular formula is C14H22O2S. The highest BCUT2D eigenvalue weighted by Crippen LogP contribution is 2.15. The van der Waals surface area contributed by atoms with E-state index in [1.807, 2.05) is 19.1 Å². The fourth-order valence-corrected chi connectivity index (χ4v) is 3.08. The van der Waals surface area contributed by atoms with Gasteiger partial charge >= 0.3 is 0 Å². The molecule has 3 heteroatoms. The van der Waals surface area contributed by atoms with Crippen LogP contribution in [0.15, 0.2) is 29.2 Å². The highest BCUT2D eigenvalue weighted by molar-refractivity contribution is 7.91. The lowest BCUT2D eigenvalue weighted by molar-refractivity contribution is 0.543. The molecule has 0 aromatic heterocycles. The van der Waals surface area contributed by atoms with Gasteiger partial charge in [-0.15, -0.1) is 0 Å². The van der Waals surface area contributed by atoms with Crippen LogP contribution in [0.2, 0.25) is 0 Å². The summed E-state index contributed by atoms with van der Waals surface area (Å²) in [5, 5.41) is 0. The number of aryl methyl sites for hydroxylation is 1. The van der Waals surface area contributed by atoms with Gasteiger partial charge in [0.1, 0.15) is 0 Å². The van der Waals surface area contributed by atoms with Crippen molar-refractivity contribution in [1.29, 1.82) is 0 Å². The quantitative estimate of drug-likeness (QED) is 0.727. The predicted molar refractivity (Wildman–Crippen MR) is 71.9 cm³/mol. The highest BCUT2D eigenvalue weighted by atomic mass is 32.2. The molecule has 0 aliphatic carbocycles. The minimum absolute atomic E-state index is 0.267. The van der Waals surface area contributed by atoms with Crippen LogP contribution in [-0.2, 0) is 9.84 Å². The number of benzene rings is 1. The lowest BCUT2D eigenvalue weighted by Crippen LogP contribution is -2.07. The van der Waals surface area contributed by atoms with E-state index in [2.05, 4.69) is 13.8 Å². The summed E-state index contributed by atoms with van der Waals surface area (Å²) in [4.78, 5) is 0.452. The second kappa shape index (κ2) is 6.20. The molecule has 0 aliphatic rings. The molecule has 0 saturated heterocycles.